The minimum absolute atomic E-state index is 0.0546. The Morgan fingerprint density at radius 3 is 2.35 bits per heavy atom. The third-order valence-electron chi connectivity index (χ3n) is 6.96. The van der Waals surface area contributed by atoms with Crippen LogP contribution in [-0.4, -0.2) is 60.2 Å². The van der Waals surface area contributed by atoms with Crippen LogP contribution in [0.3, 0.4) is 0 Å². The van der Waals surface area contributed by atoms with E-state index in [1.807, 2.05) is 35.2 Å². The van der Waals surface area contributed by atoms with Crippen LogP contribution in [0, 0.1) is 11.7 Å². The number of hydrogen-bond donors (Lipinski definition) is 1. The van der Waals surface area contributed by atoms with E-state index < -0.39 is 11.8 Å². The third-order valence-corrected chi connectivity index (χ3v) is 6.96. The Labute approximate surface area is 200 Å². The fourth-order valence-electron chi connectivity index (χ4n) is 4.86. The molecule has 2 aliphatic rings. The van der Waals surface area contributed by atoms with E-state index >= 15 is 0 Å². The van der Waals surface area contributed by atoms with Gasteiger partial charge in [-0.2, -0.15) is 0 Å². The lowest BCUT2D eigenvalue weighted by molar-refractivity contribution is -0.147. The van der Waals surface area contributed by atoms with E-state index in [4.69, 9.17) is 0 Å². The second-order valence-electron chi connectivity index (χ2n) is 9.56. The molecule has 1 saturated carbocycles. The van der Waals surface area contributed by atoms with Crippen LogP contribution in [0.1, 0.15) is 37.7 Å². The van der Waals surface area contributed by atoms with E-state index in [1.165, 1.54) is 17.0 Å². The van der Waals surface area contributed by atoms with Gasteiger partial charge >= 0.3 is 11.8 Å². The van der Waals surface area contributed by atoms with Gasteiger partial charge in [-0.3, -0.25) is 14.4 Å². The predicted octanol–water partition coefficient (Wildman–Crippen LogP) is 3.40. The van der Waals surface area contributed by atoms with Crippen molar-refractivity contribution in [2.75, 3.05) is 20.6 Å². The normalized spacial score (nSPS) is 20.4. The number of carbonyl (C=O) groups excluding carboxylic acids is 3. The van der Waals surface area contributed by atoms with Gasteiger partial charge in [-0.05, 0) is 60.9 Å². The van der Waals surface area contributed by atoms with Gasteiger partial charge in [0.15, 0.2) is 0 Å². The van der Waals surface area contributed by atoms with Crippen molar-refractivity contribution in [3.8, 4) is 11.1 Å². The molecule has 0 spiro atoms. The Kier molecular flexibility index (Phi) is 7.29. The molecule has 0 radical (unpaired) electrons. The first-order valence-corrected chi connectivity index (χ1v) is 12.0. The van der Waals surface area contributed by atoms with Crippen LogP contribution in [0.2, 0.25) is 0 Å². The molecule has 2 aromatic rings. The number of halogens is 1. The van der Waals surface area contributed by atoms with Gasteiger partial charge in [0.1, 0.15) is 5.82 Å². The van der Waals surface area contributed by atoms with Crippen LogP contribution >= 0.6 is 0 Å². The Morgan fingerprint density at radius 1 is 1.00 bits per heavy atom. The van der Waals surface area contributed by atoms with Crippen molar-refractivity contribution < 1.29 is 18.8 Å². The van der Waals surface area contributed by atoms with Crippen LogP contribution in [0.4, 0.5) is 4.39 Å². The highest BCUT2D eigenvalue weighted by atomic mass is 19.1. The third kappa shape index (κ3) is 5.29. The summed E-state index contributed by atoms with van der Waals surface area (Å²) in [6.45, 7) is 0.650. The summed E-state index contributed by atoms with van der Waals surface area (Å²) in [4.78, 5) is 41.2. The van der Waals surface area contributed by atoms with Gasteiger partial charge in [-0.25, -0.2) is 4.39 Å². The fraction of sp³-hybridized carbons (Fsp3) is 0.444. The van der Waals surface area contributed by atoms with Gasteiger partial charge in [0.05, 0.1) is 12.1 Å². The molecule has 7 heteroatoms. The minimum atomic E-state index is -0.647. The van der Waals surface area contributed by atoms with Crippen LogP contribution in [0.15, 0.2) is 48.5 Å². The summed E-state index contributed by atoms with van der Waals surface area (Å²) >= 11 is 0. The highest BCUT2D eigenvalue weighted by Gasteiger charge is 2.39. The fourth-order valence-corrected chi connectivity index (χ4v) is 4.86. The average molecular weight is 466 g/mol. The molecule has 4 rings (SSSR count). The molecule has 2 fully saturated rings. The van der Waals surface area contributed by atoms with E-state index in [-0.39, 0.29) is 29.7 Å². The summed E-state index contributed by atoms with van der Waals surface area (Å²) in [5.74, 6) is -1.34. The number of amides is 3. The first-order valence-electron chi connectivity index (χ1n) is 12.0. The van der Waals surface area contributed by atoms with Crippen molar-refractivity contribution in [1.29, 1.82) is 0 Å². The molecule has 1 heterocycles. The number of rotatable bonds is 5. The Balaban J connectivity index is 1.60. The van der Waals surface area contributed by atoms with Crippen molar-refractivity contribution >= 4 is 17.7 Å². The van der Waals surface area contributed by atoms with Gasteiger partial charge in [-0.1, -0.05) is 42.8 Å². The second kappa shape index (κ2) is 10.4. The molecular weight excluding hydrogens is 433 g/mol. The van der Waals surface area contributed by atoms with Crippen LogP contribution < -0.4 is 5.32 Å². The van der Waals surface area contributed by atoms with Gasteiger partial charge in [-0.15, -0.1) is 0 Å². The molecule has 180 valence electrons. The maximum Gasteiger partial charge on any atom is 0.311 e. The maximum absolute atomic E-state index is 13.8. The van der Waals surface area contributed by atoms with Gasteiger partial charge in [0, 0.05) is 26.6 Å². The van der Waals surface area contributed by atoms with Crippen molar-refractivity contribution in [3.05, 3.63) is 59.9 Å². The molecule has 0 aromatic heterocycles. The Bertz CT molecular complexity index is 1070. The lowest BCUT2D eigenvalue weighted by Gasteiger charge is -2.44. The number of likely N-dealkylation sites (N-methyl/N-ethyl adjacent to an activating group) is 1. The summed E-state index contributed by atoms with van der Waals surface area (Å²) in [7, 11) is 3.09. The van der Waals surface area contributed by atoms with Crippen LogP contribution in [0.25, 0.3) is 11.1 Å². The number of nitrogens with zero attached hydrogens (tertiary/aromatic N) is 2. The first-order chi connectivity index (χ1) is 16.3. The van der Waals surface area contributed by atoms with Crippen LogP contribution in [-0.2, 0) is 20.8 Å². The zero-order chi connectivity index (χ0) is 24.2. The molecule has 1 saturated heterocycles. The molecule has 3 amide bonds. The first kappa shape index (κ1) is 23.9. The van der Waals surface area contributed by atoms with Crippen LogP contribution in [0.5, 0.6) is 0 Å². The van der Waals surface area contributed by atoms with E-state index in [2.05, 4.69) is 5.32 Å². The topological polar surface area (TPSA) is 69.7 Å². The molecule has 1 aliphatic heterocycles. The van der Waals surface area contributed by atoms with Crippen molar-refractivity contribution in [1.82, 2.24) is 15.1 Å². The number of nitrogens with one attached hydrogen (secondary N) is 1. The SMILES string of the molecule is CN(C)C(=O)C(=O)NC1CCCN(C(=O)C2CCC2)C1Cc1cccc(-c2cccc(F)c2)c1. The van der Waals surface area contributed by atoms with Gasteiger partial charge < -0.3 is 15.1 Å². The smallest absolute Gasteiger partial charge is 0.311 e. The molecule has 1 N–H and O–H groups in total. The molecule has 1 aliphatic carbocycles. The van der Waals surface area contributed by atoms with E-state index in [0.717, 1.165) is 42.4 Å². The van der Waals surface area contributed by atoms with Gasteiger partial charge in [0.2, 0.25) is 5.91 Å². The molecule has 6 nitrogen and oxygen atoms in total. The van der Waals surface area contributed by atoms with Gasteiger partial charge in [0.25, 0.3) is 0 Å². The number of carbonyl (C=O) groups is 3. The Hall–Kier alpha value is -3.22. The lowest BCUT2D eigenvalue weighted by atomic mass is 9.82. The zero-order valence-corrected chi connectivity index (χ0v) is 19.8. The Morgan fingerprint density at radius 2 is 1.71 bits per heavy atom. The number of piperidine rings is 1. The number of benzene rings is 2. The predicted molar refractivity (Wildman–Crippen MR) is 128 cm³/mol. The zero-order valence-electron chi connectivity index (χ0n) is 19.8. The highest BCUT2D eigenvalue weighted by Crippen LogP contribution is 2.32. The molecular formula is C27H32FN3O3. The molecule has 2 atom stereocenters. The maximum atomic E-state index is 13.8. The second-order valence-corrected chi connectivity index (χ2v) is 9.56. The van der Waals surface area contributed by atoms with Crippen molar-refractivity contribution in [2.45, 2.75) is 50.6 Å². The monoisotopic (exact) mass is 465 g/mol. The minimum Gasteiger partial charge on any atom is -0.343 e. The highest BCUT2D eigenvalue weighted by molar-refractivity contribution is 6.34. The number of hydrogen-bond acceptors (Lipinski definition) is 3. The lowest BCUT2D eigenvalue weighted by Crippen LogP contribution is -2.60. The van der Waals surface area contributed by atoms with E-state index in [9.17, 15) is 18.8 Å². The molecule has 0 bridgehead atoms. The summed E-state index contributed by atoms with van der Waals surface area (Å²) < 4.78 is 13.8. The summed E-state index contributed by atoms with van der Waals surface area (Å²) in [5, 5.41) is 2.91. The standard InChI is InChI=1S/C27H32FN3O3/c1-30(2)27(34)25(32)29-23-13-6-14-31(26(33)19-8-4-9-19)24(23)16-18-7-3-10-20(15-18)21-11-5-12-22(28)17-21/h3,5,7,10-12,15,17,19,23-24H,4,6,8-9,13-14,16H2,1-2H3,(H,29,32). The average Bonchev–Trinajstić information content (AvgIpc) is 2.78. The molecule has 34 heavy (non-hydrogen) atoms. The van der Waals surface area contributed by atoms with Crippen molar-refractivity contribution in [3.63, 3.8) is 0 Å². The number of likely N-dealkylation sites (tertiary alicyclic amines) is 1. The molecule has 2 unspecified atom stereocenters. The quantitative estimate of drug-likeness (QED) is 0.688. The largest absolute Gasteiger partial charge is 0.343 e. The summed E-state index contributed by atoms with van der Waals surface area (Å²) in [6.07, 6.45) is 4.92. The van der Waals surface area contributed by atoms with E-state index in [0.29, 0.717) is 19.4 Å². The van der Waals surface area contributed by atoms with Crippen molar-refractivity contribution in [2.24, 2.45) is 5.92 Å². The molecule has 2 aromatic carbocycles. The summed E-state index contributed by atoms with van der Waals surface area (Å²) in [5.41, 5.74) is 2.68. The van der Waals surface area contributed by atoms with E-state index in [1.54, 1.807) is 20.2 Å². The summed E-state index contributed by atoms with van der Waals surface area (Å²) in [6, 6.07) is 13.8.